The zero-order valence-corrected chi connectivity index (χ0v) is 13.4. The molecular weight excluding hydrogens is 294 g/mol. The lowest BCUT2D eigenvalue weighted by atomic mass is 10.2. The van der Waals surface area contributed by atoms with Crippen LogP contribution in [0.5, 0.6) is 5.75 Å². The lowest BCUT2D eigenvalue weighted by Crippen LogP contribution is -2.20. The van der Waals surface area contributed by atoms with Crippen LogP contribution in [0.1, 0.15) is 5.56 Å². The van der Waals surface area contributed by atoms with E-state index in [-0.39, 0.29) is 11.4 Å². The third-order valence-corrected chi connectivity index (χ3v) is 3.30. The van der Waals surface area contributed by atoms with E-state index in [0.717, 1.165) is 5.56 Å². The molecule has 0 saturated carbocycles. The lowest BCUT2D eigenvalue weighted by Gasteiger charge is -2.15. The number of anilines is 1. The van der Waals surface area contributed by atoms with Gasteiger partial charge in [-0.25, -0.2) is 0 Å². The van der Waals surface area contributed by atoms with E-state index in [1.54, 1.807) is 12.1 Å². The summed E-state index contributed by atoms with van der Waals surface area (Å²) in [6.45, 7) is 1.65. The topological polar surface area (TPSA) is 67.6 Å². The van der Waals surface area contributed by atoms with E-state index >= 15 is 0 Å². The fourth-order valence-corrected chi connectivity index (χ4v) is 2.08. The highest BCUT2D eigenvalue weighted by atomic mass is 16.6. The number of ether oxygens (including phenoxy) is 1. The Hall–Kier alpha value is -2.60. The second-order valence-corrected chi connectivity index (χ2v) is 5.40. The molecule has 0 aliphatic carbocycles. The number of nitrogens with zero attached hydrogens (tertiary/aromatic N) is 2. The molecule has 0 aliphatic heterocycles. The van der Waals surface area contributed by atoms with Crippen molar-refractivity contribution in [2.75, 3.05) is 32.6 Å². The highest BCUT2D eigenvalue weighted by molar-refractivity contribution is 5.66. The standard InChI is InChI=1S/C17H21N3O3/c1-19(2)11-12-23-17-15(9-6-10-16(17)20(21)22)18-13-14-7-4-3-5-8-14/h3-10,18H,11-13H2,1-2H3. The maximum atomic E-state index is 11.2. The minimum absolute atomic E-state index is 0.0261. The number of nitro groups is 1. The molecule has 2 aromatic carbocycles. The summed E-state index contributed by atoms with van der Waals surface area (Å²) in [7, 11) is 3.86. The molecule has 122 valence electrons. The summed E-state index contributed by atoms with van der Waals surface area (Å²) in [4.78, 5) is 12.8. The van der Waals surface area contributed by atoms with Crippen molar-refractivity contribution in [3.63, 3.8) is 0 Å². The Labute approximate surface area is 135 Å². The predicted molar refractivity (Wildman–Crippen MR) is 90.9 cm³/mol. The Morgan fingerprint density at radius 2 is 1.87 bits per heavy atom. The van der Waals surface area contributed by atoms with Crippen molar-refractivity contribution in [2.45, 2.75) is 6.54 Å². The van der Waals surface area contributed by atoms with Crippen LogP contribution in [0, 0.1) is 10.1 Å². The summed E-state index contributed by atoms with van der Waals surface area (Å²) < 4.78 is 5.68. The first-order valence-electron chi connectivity index (χ1n) is 7.40. The van der Waals surface area contributed by atoms with Gasteiger partial charge in [-0.1, -0.05) is 36.4 Å². The van der Waals surface area contributed by atoms with Gasteiger partial charge < -0.3 is 15.0 Å². The van der Waals surface area contributed by atoms with Crippen LogP contribution in [0.2, 0.25) is 0 Å². The van der Waals surface area contributed by atoms with Crippen LogP contribution in [-0.4, -0.2) is 37.1 Å². The molecule has 6 nitrogen and oxygen atoms in total. The summed E-state index contributed by atoms with van der Waals surface area (Å²) in [6, 6.07) is 14.8. The summed E-state index contributed by atoms with van der Waals surface area (Å²) in [5.74, 6) is 0.287. The zero-order valence-electron chi connectivity index (χ0n) is 13.4. The van der Waals surface area contributed by atoms with Gasteiger partial charge in [0, 0.05) is 19.2 Å². The van der Waals surface area contributed by atoms with Crippen molar-refractivity contribution in [1.29, 1.82) is 0 Å². The van der Waals surface area contributed by atoms with E-state index in [1.165, 1.54) is 6.07 Å². The fourth-order valence-electron chi connectivity index (χ4n) is 2.08. The maximum absolute atomic E-state index is 11.2. The Kier molecular flexibility index (Phi) is 5.94. The average Bonchev–Trinajstić information content (AvgIpc) is 2.54. The van der Waals surface area contributed by atoms with Crippen molar-refractivity contribution in [3.8, 4) is 5.75 Å². The molecule has 0 unspecified atom stereocenters. The molecule has 0 heterocycles. The van der Waals surface area contributed by atoms with Gasteiger partial charge in [-0.3, -0.25) is 10.1 Å². The van der Waals surface area contributed by atoms with Crippen molar-refractivity contribution in [1.82, 2.24) is 4.90 Å². The van der Waals surface area contributed by atoms with Crippen LogP contribution in [0.4, 0.5) is 11.4 Å². The quantitative estimate of drug-likeness (QED) is 0.599. The first-order chi connectivity index (χ1) is 11.1. The van der Waals surface area contributed by atoms with Crippen LogP contribution in [0.25, 0.3) is 0 Å². The van der Waals surface area contributed by atoms with Crippen molar-refractivity contribution >= 4 is 11.4 Å². The summed E-state index contributed by atoms with van der Waals surface area (Å²) in [5, 5.41) is 14.5. The van der Waals surface area contributed by atoms with E-state index < -0.39 is 4.92 Å². The Morgan fingerprint density at radius 3 is 2.52 bits per heavy atom. The Bertz CT molecular complexity index is 645. The van der Waals surface area contributed by atoms with E-state index in [9.17, 15) is 10.1 Å². The predicted octanol–water partition coefficient (Wildman–Crippen LogP) is 3.15. The third-order valence-electron chi connectivity index (χ3n) is 3.30. The van der Waals surface area contributed by atoms with Gasteiger partial charge in [-0.15, -0.1) is 0 Å². The van der Waals surface area contributed by atoms with Gasteiger partial charge in [0.15, 0.2) is 0 Å². The Balaban J connectivity index is 2.16. The third kappa shape index (κ3) is 4.96. The SMILES string of the molecule is CN(C)CCOc1c(NCc2ccccc2)cccc1[N+](=O)[O-]. The second kappa shape index (κ2) is 8.14. The van der Waals surface area contributed by atoms with Crippen LogP contribution < -0.4 is 10.1 Å². The highest BCUT2D eigenvalue weighted by Gasteiger charge is 2.19. The van der Waals surface area contributed by atoms with Crippen molar-refractivity contribution < 1.29 is 9.66 Å². The van der Waals surface area contributed by atoms with Gasteiger partial charge in [0.05, 0.1) is 10.6 Å². The second-order valence-electron chi connectivity index (χ2n) is 5.40. The van der Waals surface area contributed by atoms with Gasteiger partial charge in [0.1, 0.15) is 6.61 Å². The molecule has 0 amide bonds. The number of benzene rings is 2. The van der Waals surface area contributed by atoms with E-state index in [0.29, 0.717) is 25.4 Å². The van der Waals surface area contributed by atoms with Gasteiger partial charge >= 0.3 is 5.69 Å². The minimum Gasteiger partial charge on any atom is -0.484 e. The van der Waals surface area contributed by atoms with E-state index in [2.05, 4.69) is 5.32 Å². The maximum Gasteiger partial charge on any atom is 0.313 e. The zero-order chi connectivity index (χ0) is 16.7. The molecule has 0 fully saturated rings. The number of para-hydroxylation sites is 1. The molecule has 6 heteroatoms. The van der Waals surface area contributed by atoms with Crippen LogP contribution in [0.15, 0.2) is 48.5 Å². The van der Waals surface area contributed by atoms with Gasteiger partial charge in [-0.05, 0) is 25.7 Å². The number of hydrogen-bond acceptors (Lipinski definition) is 5. The Morgan fingerprint density at radius 1 is 1.13 bits per heavy atom. The average molecular weight is 315 g/mol. The van der Waals surface area contributed by atoms with Crippen LogP contribution >= 0.6 is 0 Å². The number of nitro benzene ring substituents is 1. The number of hydrogen-bond donors (Lipinski definition) is 1. The molecule has 0 atom stereocenters. The molecule has 0 spiro atoms. The van der Waals surface area contributed by atoms with Crippen molar-refractivity contribution in [2.24, 2.45) is 0 Å². The fraction of sp³-hybridized carbons (Fsp3) is 0.294. The molecule has 0 bridgehead atoms. The summed E-state index contributed by atoms with van der Waals surface area (Å²) in [5.41, 5.74) is 1.70. The van der Waals surface area contributed by atoms with Crippen LogP contribution in [-0.2, 0) is 6.54 Å². The minimum atomic E-state index is -0.418. The molecule has 23 heavy (non-hydrogen) atoms. The monoisotopic (exact) mass is 315 g/mol. The number of likely N-dealkylation sites (N-methyl/N-ethyl adjacent to an activating group) is 1. The molecule has 1 N–H and O–H groups in total. The van der Waals surface area contributed by atoms with Gasteiger partial charge in [0.25, 0.3) is 0 Å². The first kappa shape index (κ1) is 16.8. The normalized spacial score (nSPS) is 10.6. The largest absolute Gasteiger partial charge is 0.484 e. The van der Waals surface area contributed by atoms with Crippen molar-refractivity contribution in [3.05, 3.63) is 64.2 Å². The molecule has 0 aliphatic rings. The summed E-state index contributed by atoms with van der Waals surface area (Å²) in [6.07, 6.45) is 0. The van der Waals surface area contributed by atoms with E-state index in [1.807, 2.05) is 49.3 Å². The lowest BCUT2D eigenvalue weighted by molar-refractivity contribution is -0.385. The highest BCUT2D eigenvalue weighted by Crippen LogP contribution is 2.35. The molecule has 0 saturated heterocycles. The summed E-state index contributed by atoms with van der Waals surface area (Å²) >= 11 is 0. The molecule has 2 aromatic rings. The van der Waals surface area contributed by atoms with Crippen LogP contribution in [0.3, 0.4) is 0 Å². The van der Waals surface area contributed by atoms with Gasteiger partial charge in [-0.2, -0.15) is 0 Å². The van der Waals surface area contributed by atoms with Gasteiger partial charge in [0.2, 0.25) is 5.75 Å². The molecular formula is C17H21N3O3. The first-order valence-corrected chi connectivity index (χ1v) is 7.40. The van der Waals surface area contributed by atoms with E-state index in [4.69, 9.17) is 4.74 Å². The smallest absolute Gasteiger partial charge is 0.313 e. The number of rotatable bonds is 8. The molecule has 0 aromatic heterocycles. The number of nitrogens with one attached hydrogen (secondary N) is 1. The molecule has 0 radical (unpaired) electrons. The molecule has 2 rings (SSSR count).